The van der Waals surface area contributed by atoms with E-state index in [0.29, 0.717) is 23.3 Å². The molecule has 6 heteroatoms. The van der Waals surface area contributed by atoms with E-state index in [9.17, 15) is 14.0 Å². The van der Waals surface area contributed by atoms with Crippen LogP contribution >= 0.6 is 0 Å². The summed E-state index contributed by atoms with van der Waals surface area (Å²) < 4.78 is 13.7. The summed E-state index contributed by atoms with van der Waals surface area (Å²) in [7, 11) is 0. The lowest BCUT2D eigenvalue weighted by atomic mass is 9.75. The first-order chi connectivity index (χ1) is 15.9. The van der Waals surface area contributed by atoms with Crippen molar-refractivity contribution in [3.05, 3.63) is 82.5 Å². The molecule has 1 atom stereocenters. The highest BCUT2D eigenvalue weighted by Crippen LogP contribution is 2.42. The Morgan fingerprint density at radius 1 is 1.12 bits per heavy atom. The Morgan fingerprint density at radius 2 is 1.85 bits per heavy atom. The van der Waals surface area contributed by atoms with E-state index in [4.69, 9.17) is 0 Å². The van der Waals surface area contributed by atoms with Crippen molar-refractivity contribution in [3.63, 3.8) is 0 Å². The quantitative estimate of drug-likeness (QED) is 0.633. The normalized spacial score (nSPS) is 18.1. The molecule has 0 saturated carbocycles. The second-order valence-electron chi connectivity index (χ2n) is 8.49. The average Bonchev–Trinajstić information content (AvgIpc) is 2.79. The van der Waals surface area contributed by atoms with Crippen molar-refractivity contribution in [3.8, 4) is 0 Å². The number of carbonyl (C=O) groups excluding carboxylic acids is 2. The Bertz CT molecular complexity index is 1130. The van der Waals surface area contributed by atoms with Crippen molar-refractivity contribution in [2.75, 3.05) is 23.3 Å². The lowest BCUT2D eigenvalue weighted by molar-refractivity contribution is -0.116. The minimum Gasteiger partial charge on any atom is -0.372 e. The highest BCUT2D eigenvalue weighted by atomic mass is 19.1. The molecule has 5 nitrogen and oxygen atoms in total. The Kier molecular flexibility index (Phi) is 6.63. The number of dihydropyridines is 1. The molecule has 1 unspecified atom stereocenters. The van der Waals surface area contributed by atoms with Gasteiger partial charge in [-0.1, -0.05) is 18.2 Å². The van der Waals surface area contributed by atoms with Gasteiger partial charge in [0.25, 0.3) is 5.91 Å². The number of nitrogens with one attached hydrogen (secondary N) is 2. The van der Waals surface area contributed by atoms with Gasteiger partial charge in [0.15, 0.2) is 5.78 Å². The van der Waals surface area contributed by atoms with E-state index in [-0.39, 0.29) is 11.7 Å². The molecule has 0 radical (unpaired) electrons. The number of anilines is 2. The first-order valence-corrected chi connectivity index (χ1v) is 11.6. The minimum absolute atomic E-state index is 0.0742. The van der Waals surface area contributed by atoms with Gasteiger partial charge in [-0.05, 0) is 69.5 Å². The van der Waals surface area contributed by atoms with Crippen LogP contribution in [0.2, 0.25) is 0 Å². The third-order valence-electron chi connectivity index (χ3n) is 6.46. The number of nitrogens with zero attached hydrogens (tertiary/aromatic N) is 1. The van der Waals surface area contributed by atoms with E-state index < -0.39 is 11.7 Å². The molecule has 0 fully saturated rings. The molecule has 2 aromatic carbocycles. The van der Waals surface area contributed by atoms with Crippen molar-refractivity contribution in [2.45, 2.75) is 46.0 Å². The van der Waals surface area contributed by atoms with Crippen LogP contribution in [0, 0.1) is 5.82 Å². The molecule has 0 saturated heterocycles. The number of hydrogen-bond donors (Lipinski definition) is 2. The number of hydrogen-bond acceptors (Lipinski definition) is 4. The summed E-state index contributed by atoms with van der Waals surface area (Å²) in [5, 5.41) is 6.14. The molecule has 1 aliphatic carbocycles. The molecule has 2 aromatic rings. The van der Waals surface area contributed by atoms with Crippen molar-refractivity contribution in [2.24, 2.45) is 0 Å². The Balaban J connectivity index is 1.75. The number of Topliss-reactive ketones (excluding diaryl/α,β-unsaturated/α-hetero) is 1. The third-order valence-corrected chi connectivity index (χ3v) is 6.46. The lowest BCUT2D eigenvalue weighted by Crippen LogP contribution is -2.35. The van der Waals surface area contributed by atoms with Gasteiger partial charge in [-0.2, -0.15) is 0 Å². The maximum absolute atomic E-state index is 13.7. The molecule has 1 amide bonds. The standard InChI is InChI=1S/C27H30FN3O2/c1-4-31(5-2)21-14-12-18(13-15-21)25-24(27(33)30-20-9-6-8-19(28)16-20)17(3)29-22-10-7-11-23(32)26(22)25/h6,8-9,12-16,25,29H,4-5,7,10-11H2,1-3H3,(H,30,33). The zero-order chi connectivity index (χ0) is 23.5. The average molecular weight is 448 g/mol. The minimum atomic E-state index is -0.464. The summed E-state index contributed by atoms with van der Waals surface area (Å²) in [6.07, 6.45) is 2.06. The summed E-state index contributed by atoms with van der Waals surface area (Å²) in [6, 6.07) is 14.0. The number of rotatable bonds is 6. The lowest BCUT2D eigenvalue weighted by Gasteiger charge is -2.34. The summed E-state index contributed by atoms with van der Waals surface area (Å²) in [6.45, 7) is 7.89. The van der Waals surface area contributed by atoms with Crippen LogP contribution in [0.4, 0.5) is 15.8 Å². The first kappa shape index (κ1) is 22.8. The number of ketones is 1. The SMILES string of the molecule is CCN(CC)c1ccc(C2C(C(=O)Nc3cccc(F)c3)=C(C)NC3=C2C(=O)CCC3)cc1. The van der Waals surface area contributed by atoms with Gasteiger partial charge in [-0.15, -0.1) is 0 Å². The Labute approximate surface area is 194 Å². The van der Waals surface area contributed by atoms with Crippen LogP contribution in [0.5, 0.6) is 0 Å². The van der Waals surface area contributed by atoms with E-state index in [1.54, 1.807) is 12.1 Å². The molecule has 0 bridgehead atoms. The van der Waals surface area contributed by atoms with Crippen LogP contribution in [0.1, 0.15) is 51.5 Å². The summed E-state index contributed by atoms with van der Waals surface area (Å²) in [5.41, 5.74) is 5.17. The van der Waals surface area contributed by atoms with Crippen LogP contribution in [0.3, 0.4) is 0 Å². The topological polar surface area (TPSA) is 61.4 Å². The molecule has 2 N–H and O–H groups in total. The molecule has 0 aromatic heterocycles. The van der Waals surface area contributed by atoms with Crippen molar-refractivity contribution >= 4 is 23.1 Å². The van der Waals surface area contributed by atoms with Gasteiger partial charge in [0, 0.05) is 59.3 Å². The van der Waals surface area contributed by atoms with Crippen LogP contribution in [0.15, 0.2) is 71.1 Å². The van der Waals surface area contributed by atoms with E-state index >= 15 is 0 Å². The maximum atomic E-state index is 13.7. The molecule has 2 aliphatic rings. The van der Waals surface area contributed by atoms with Gasteiger partial charge in [-0.25, -0.2) is 4.39 Å². The zero-order valence-electron chi connectivity index (χ0n) is 19.4. The van der Waals surface area contributed by atoms with Gasteiger partial charge < -0.3 is 15.5 Å². The van der Waals surface area contributed by atoms with Gasteiger partial charge in [-0.3, -0.25) is 9.59 Å². The second-order valence-corrected chi connectivity index (χ2v) is 8.49. The molecule has 172 valence electrons. The smallest absolute Gasteiger partial charge is 0.254 e. The molecular formula is C27H30FN3O2. The number of amides is 1. The number of benzene rings is 2. The molecular weight excluding hydrogens is 417 g/mol. The van der Waals surface area contributed by atoms with E-state index in [2.05, 4.69) is 41.5 Å². The predicted molar refractivity (Wildman–Crippen MR) is 129 cm³/mol. The number of carbonyl (C=O) groups is 2. The summed E-state index contributed by atoms with van der Waals surface area (Å²) >= 11 is 0. The maximum Gasteiger partial charge on any atom is 0.254 e. The largest absolute Gasteiger partial charge is 0.372 e. The van der Waals surface area contributed by atoms with Crippen molar-refractivity contribution < 1.29 is 14.0 Å². The fourth-order valence-electron chi connectivity index (χ4n) is 4.85. The van der Waals surface area contributed by atoms with Crippen LogP contribution in [-0.2, 0) is 9.59 Å². The predicted octanol–water partition coefficient (Wildman–Crippen LogP) is 5.28. The zero-order valence-corrected chi connectivity index (χ0v) is 19.4. The molecule has 0 spiro atoms. The van der Waals surface area contributed by atoms with Gasteiger partial charge in [0.2, 0.25) is 0 Å². The van der Waals surface area contributed by atoms with Crippen molar-refractivity contribution in [1.29, 1.82) is 0 Å². The summed E-state index contributed by atoms with van der Waals surface area (Å²) in [4.78, 5) is 28.7. The van der Waals surface area contributed by atoms with Crippen LogP contribution in [-0.4, -0.2) is 24.8 Å². The molecule has 4 rings (SSSR count). The first-order valence-electron chi connectivity index (χ1n) is 11.6. The Hall–Kier alpha value is -3.41. The molecule has 1 aliphatic heterocycles. The molecule has 1 heterocycles. The third kappa shape index (κ3) is 4.56. The molecule has 33 heavy (non-hydrogen) atoms. The monoisotopic (exact) mass is 447 g/mol. The second kappa shape index (κ2) is 9.61. The highest BCUT2D eigenvalue weighted by Gasteiger charge is 2.38. The fraction of sp³-hybridized carbons (Fsp3) is 0.333. The Morgan fingerprint density at radius 3 is 2.52 bits per heavy atom. The van der Waals surface area contributed by atoms with Crippen LogP contribution < -0.4 is 15.5 Å². The van der Waals surface area contributed by atoms with E-state index in [1.165, 1.54) is 12.1 Å². The van der Waals surface area contributed by atoms with Gasteiger partial charge in [0.05, 0.1) is 0 Å². The fourth-order valence-corrected chi connectivity index (χ4v) is 4.85. The summed E-state index contributed by atoms with van der Waals surface area (Å²) in [5.74, 6) is -1.15. The van der Waals surface area contributed by atoms with Crippen LogP contribution in [0.25, 0.3) is 0 Å². The van der Waals surface area contributed by atoms with E-state index in [1.807, 2.05) is 19.1 Å². The van der Waals surface area contributed by atoms with E-state index in [0.717, 1.165) is 48.6 Å². The van der Waals surface area contributed by atoms with Gasteiger partial charge >= 0.3 is 0 Å². The van der Waals surface area contributed by atoms with Crippen molar-refractivity contribution in [1.82, 2.24) is 5.32 Å². The number of halogens is 1. The highest BCUT2D eigenvalue weighted by molar-refractivity contribution is 6.09. The number of allylic oxidation sites excluding steroid dienone is 3. The van der Waals surface area contributed by atoms with Gasteiger partial charge in [0.1, 0.15) is 5.82 Å².